The standard InChI is InChI=1S/C20H36O2/c1-14(2)8-7-9-15(3)13-19-21-18-12-16(4)10-11-17(18)20(5,6)22-19/h8,15-19H,7,9-13H2,1-6H3/t15-,16?,17-,18+,19?/m1/s1. The van der Waals surface area contributed by atoms with Crippen molar-refractivity contribution < 1.29 is 9.47 Å². The molecule has 5 atom stereocenters. The summed E-state index contributed by atoms with van der Waals surface area (Å²) in [6.45, 7) is 13.6. The molecule has 2 rings (SSSR count). The number of hydrogen-bond acceptors (Lipinski definition) is 2. The number of ether oxygens (including phenoxy) is 2. The van der Waals surface area contributed by atoms with Crippen LogP contribution < -0.4 is 0 Å². The summed E-state index contributed by atoms with van der Waals surface area (Å²) in [6.07, 6.45) is 9.93. The Hall–Kier alpha value is -0.340. The van der Waals surface area contributed by atoms with Crippen LogP contribution in [0.2, 0.25) is 0 Å². The molecule has 2 fully saturated rings. The molecule has 0 aromatic carbocycles. The molecule has 128 valence electrons. The zero-order valence-electron chi connectivity index (χ0n) is 15.5. The quantitative estimate of drug-likeness (QED) is 0.605. The topological polar surface area (TPSA) is 18.5 Å². The van der Waals surface area contributed by atoms with Crippen molar-refractivity contribution in [2.75, 3.05) is 0 Å². The van der Waals surface area contributed by atoms with Gasteiger partial charge in [0.1, 0.15) is 0 Å². The summed E-state index contributed by atoms with van der Waals surface area (Å²) in [7, 11) is 0. The first-order chi connectivity index (χ1) is 10.3. The van der Waals surface area contributed by atoms with Gasteiger partial charge in [0.25, 0.3) is 0 Å². The summed E-state index contributed by atoms with van der Waals surface area (Å²) >= 11 is 0. The lowest BCUT2D eigenvalue weighted by Crippen LogP contribution is -2.54. The first-order valence-electron chi connectivity index (χ1n) is 9.24. The van der Waals surface area contributed by atoms with Crippen molar-refractivity contribution in [3.8, 4) is 0 Å². The van der Waals surface area contributed by atoms with Crippen molar-refractivity contribution in [3.05, 3.63) is 11.6 Å². The fourth-order valence-electron chi connectivity index (χ4n) is 4.13. The Morgan fingerprint density at radius 2 is 2.00 bits per heavy atom. The van der Waals surface area contributed by atoms with E-state index >= 15 is 0 Å². The van der Waals surface area contributed by atoms with E-state index in [2.05, 4.69) is 47.6 Å². The minimum Gasteiger partial charge on any atom is -0.349 e. The Bertz CT molecular complexity index is 381. The monoisotopic (exact) mass is 308 g/mol. The van der Waals surface area contributed by atoms with Gasteiger partial charge in [-0.2, -0.15) is 0 Å². The highest BCUT2D eigenvalue weighted by atomic mass is 16.7. The number of fused-ring (bicyclic) bond motifs is 1. The van der Waals surface area contributed by atoms with E-state index in [4.69, 9.17) is 9.47 Å². The molecule has 0 radical (unpaired) electrons. The molecule has 1 saturated heterocycles. The maximum atomic E-state index is 6.36. The minimum atomic E-state index is -0.0344. The summed E-state index contributed by atoms with van der Waals surface area (Å²) < 4.78 is 12.7. The zero-order chi connectivity index (χ0) is 16.3. The molecule has 22 heavy (non-hydrogen) atoms. The molecular formula is C20H36O2. The predicted molar refractivity (Wildman–Crippen MR) is 92.8 cm³/mol. The van der Waals surface area contributed by atoms with Crippen LogP contribution in [-0.2, 0) is 9.47 Å². The van der Waals surface area contributed by atoms with Gasteiger partial charge >= 0.3 is 0 Å². The second-order valence-electron chi connectivity index (χ2n) is 8.55. The number of hydrogen-bond donors (Lipinski definition) is 0. The van der Waals surface area contributed by atoms with Crippen molar-refractivity contribution in [1.29, 1.82) is 0 Å². The van der Waals surface area contributed by atoms with Crippen LogP contribution in [0.5, 0.6) is 0 Å². The summed E-state index contributed by atoms with van der Waals surface area (Å²) in [6, 6.07) is 0. The van der Waals surface area contributed by atoms with E-state index in [1.54, 1.807) is 0 Å². The van der Waals surface area contributed by atoms with E-state index < -0.39 is 0 Å². The normalized spacial score (nSPS) is 35.5. The minimum absolute atomic E-state index is 0.0109. The van der Waals surface area contributed by atoms with Gasteiger partial charge < -0.3 is 9.47 Å². The van der Waals surface area contributed by atoms with Crippen molar-refractivity contribution in [2.45, 2.75) is 98.1 Å². The summed E-state index contributed by atoms with van der Waals surface area (Å²) in [5, 5.41) is 0. The van der Waals surface area contributed by atoms with Gasteiger partial charge in [0.05, 0.1) is 11.7 Å². The third-order valence-corrected chi connectivity index (χ3v) is 5.52. The maximum Gasteiger partial charge on any atom is 0.158 e. The SMILES string of the molecule is CC(C)=CCC[C@@H](C)CC1O[C@H]2CC(C)CC[C@H]2C(C)(C)O1. The van der Waals surface area contributed by atoms with Gasteiger partial charge in [-0.25, -0.2) is 0 Å². The summed E-state index contributed by atoms with van der Waals surface area (Å²) in [5.74, 6) is 2.01. The molecule has 0 aromatic heterocycles. The van der Waals surface area contributed by atoms with Crippen LogP contribution in [0.3, 0.4) is 0 Å². The first-order valence-corrected chi connectivity index (χ1v) is 9.24. The van der Waals surface area contributed by atoms with E-state index in [1.807, 2.05) is 0 Å². The third kappa shape index (κ3) is 4.83. The molecule has 1 aliphatic carbocycles. The molecule has 0 spiro atoms. The van der Waals surface area contributed by atoms with Crippen LogP contribution in [0.25, 0.3) is 0 Å². The Morgan fingerprint density at radius 3 is 2.68 bits per heavy atom. The van der Waals surface area contributed by atoms with Gasteiger partial charge in [-0.15, -0.1) is 0 Å². The average Bonchev–Trinajstić information content (AvgIpc) is 2.36. The molecule has 2 unspecified atom stereocenters. The largest absolute Gasteiger partial charge is 0.349 e. The molecular weight excluding hydrogens is 272 g/mol. The van der Waals surface area contributed by atoms with Crippen LogP contribution in [0, 0.1) is 17.8 Å². The molecule has 0 bridgehead atoms. The smallest absolute Gasteiger partial charge is 0.158 e. The van der Waals surface area contributed by atoms with Gasteiger partial charge in [-0.1, -0.05) is 31.9 Å². The van der Waals surface area contributed by atoms with Crippen LogP contribution in [0.15, 0.2) is 11.6 Å². The van der Waals surface area contributed by atoms with Crippen molar-refractivity contribution >= 4 is 0 Å². The van der Waals surface area contributed by atoms with Crippen LogP contribution in [-0.4, -0.2) is 18.0 Å². The lowest BCUT2D eigenvalue weighted by molar-refractivity contribution is -0.312. The maximum absolute atomic E-state index is 6.36. The van der Waals surface area contributed by atoms with Gasteiger partial charge in [0.15, 0.2) is 6.29 Å². The summed E-state index contributed by atoms with van der Waals surface area (Å²) in [4.78, 5) is 0. The molecule has 1 heterocycles. The Labute approximate surface area is 137 Å². The van der Waals surface area contributed by atoms with Crippen molar-refractivity contribution in [2.24, 2.45) is 17.8 Å². The van der Waals surface area contributed by atoms with E-state index in [0.29, 0.717) is 17.9 Å². The highest BCUT2D eigenvalue weighted by Crippen LogP contribution is 2.44. The summed E-state index contributed by atoms with van der Waals surface area (Å²) in [5.41, 5.74) is 1.38. The third-order valence-electron chi connectivity index (χ3n) is 5.52. The Balaban J connectivity index is 1.88. The molecule has 1 aliphatic heterocycles. The fraction of sp³-hybridized carbons (Fsp3) is 0.900. The predicted octanol–water partition coefficient (Wildman–Crippen LogP) is 5.72. The van der Waals surface area contributed by atoms with Crippen LogP contribution in [0.1, 0.15) is 80.1 Å². The molecule has 1 saturated carbocycles. The van der Waals surface area contributed by atoms with E-state index in [9.17, 15) is 0 Å². The Morgan fingerprint density at radius 1 is 1.27 bits per heavy atom. The highest BCUT2D eigenvalue weighted by molar-refractivity contribution is 4.94. The lowest BCUT2D eigenvalue weighted by atomic mass is 9.72. The van der Waals surface area contributed by atoms with Crippen LogP contribution >= 0.6 is 0 Å². The van der Waals surface area contributed by atoms with Crippen molar-refractivity contribution in [1.82, 2.24) is 0 Å². The van der Waals surface area contributed by atoms with E-state index in [1.165, 1.54) is 37.7 Å². The highest BCUT2D eigenvalue weighted by Gasteiger charge is 2.46. The van der Waals surface area contributed by atoms with Crippen molar-refractivity contribution in [3.63, 3.8) is 0 Å². The second-order valence-corrected chi connectivity index (χ2v) is 8.55. The fourth-order valence-corrected chi connectivity index (χ4v) is 4.13. The first kappa shape index (κ1) is 18.0. The van der Waals surface area contributed by atoms with Gasteiger partial charge in [0.2, 0.25) is 0 Å². The molecule has 2 nitrogen and oxygen atoms in total. The molecule has 2 aliphatic rings. The number of rotatable bonds is 5. The number of allylic oxidation sites excluding steroid dienone is 2. The molecule has 0 N–H and O–H groups in total. The lowest BCUT2D eigenvalue weighted by Gasteiger charge is -2.50. The molecule has 0 aromatic rings. The van der Waals surface area contributed by atoms with E-state index in [-0.39, 0.29) is 11.9 Å². The second kappa shape index (κ2) is 7.49. The van der Waals surface area contributed by atoms with Gasteiger partial charge in [-0.05, 0) is 65.2 Å². The Kier molecular flexibility index (Phi) is 6.13. The average molecular weight is 309 g/mol. The zero-order valence-corrected chi connectivity index (χ0v) is 15.5. The van der Waals surface area contributed by atoms with E-state index in [0.717, 1.165) is 12.3 Å². The van der Waals surface area contributed by atoms with Crippen LogP contribution in [0.4, 0.5) is 0 Å². The molecule has 2 heteroatoms. The van der Waals surface area contributed by atoms with Gasteiger partial charge in [0, 0.05) is 12.3 Å². The molecule has 0 amide bonds. The van der Waals surface area contributed by atoms with Gasteiger partial charge in [-0.3, -0.25) is 0 Å².